The first-order valence-corrected chi connectivity index (χ1v) is 4.32. The zero-order valence-electron chi connectivity index (χ0n) is 7.20. The third-order valence-electron chi connectivity index (χ3n) is 2.37. The van der Waals surface area contributed by atoms with Crippen molar-refractivity contribution in [3.8, 4) is 0 Å². The van der Waals surface area contributed by atoms with Gasteiger partial charge in [0.05, 0.1) is 0 Å². The van der Waals surface area contributed by atoms with Gasteiger partial charge in [0.2, 0.25) is 0 Å². The summed E-state index contributed by atoms with van der Waals surface area (Å²) in [5.74, 6) is 1.48. The molecule has 0 saturated heterocycles. The summed E-state index contributed by atoms with van der Waals surface area (Å²) in [6, 6.07) is 2.01. The van der Waals surface area contributed by atoms with Crippen molar-refractivity contribution >= 4 is 0 Å². The number of hydrogen-bond donors (Lipinski definition) is 1. The Hall–Kier alpha value is -0.960. The molecule has 3 heteroatoms. The fraction of sp³-hybridized carbons (Fsp3) is 0.556. The molecule has 0 aliphatic heterocycles. The smallest absolute Gasteiger partial charge is 0.115 e. The molecule has 2 unspecified atom stereocenters. The molecule has 2 rings (SSSR count). The lowest BCUT2D eigenvalue weighted by Crippen LogP contribution is -2.10. The molecule has 64 valence electrons. The second-order valence-electron chi connectivity index (χ2n) is 3.29. The minimum absolute atomic E-state index is 0.681. The van der Waals surface area contributed by atoms with Gasteiger partial charge in [0.15, 0.2) is 0 Å². The highest BCUT2D eigenvalue weighted by Gasteiger charge is 2.38. The van der Waals surface area contributed by atoms with Crippen molar-refractivity contribution in [2.45, 2.75) is 12.3 Å². The summed E-state index contributed by atoms with van der Waals surface area (Å²) in [6.45, 7) is 1.11. The standard InChI is InChI=1S/C9H13N3/c1-10-5-7-4-8(7)9-2-3-11-6-12-9/h2-3,6-8,10H,4-5H2,1H3. The zero-order chi connectivity index (χ0) is 8.39. The lowest BCUT2D eigenvalue weighted by molar-refractivity contribution is 0.693. The van der Waals surface area contributed by atoms with Gasteiger partial charge < -0.3 is 5.32 Å². The summed E-state index contributed by atoms with van der Waals surface area (Å²) in [5, 5.41) is 3.19. The molecule has 1 aromatic rings. The second kappa shape index (κ2) is 3.19. The molecule has 1 N–H and O–H groups in total. The van der Waals surface area contributed by atoms with Crippen LogP contribution in [0.15, 0.2) is 18.6 Å². The predicted octanol–water partition coefficient (Wildman–Crippen LogP) is 0.799. The van der Waals surface area contributed by atoms with Gasteiger partial charge in [-0.3, -0.25) is 0 Å². The Kier molecular flexibility index (Phi) is 2.04. The van der Waals surface area contributed by atoms with Crippen LogP contribution in [0.1, 0.15) is 18.0 Å². The molecule has 3 nitrogen and oxygen atoms in total. The summed E-state index contributed by atoms with van der Waals surface area (Å²) in [6.07, 6.45) is 4.72. The molecule has 1 fully saturated rings. The van der Waals surface area contributed by atoms with Crippen LogP contribution < -0.4 is 5.32 Å². The average molecular weight is 163 g/mol. The molecule has 12 heavy (non-hydrogen) atoms. The van der Waals surface area contributed by atoms with Gasteiger partial charge in [-0.25, -0.2) is 9.97 Å². The van der Waals surface area contributed by atoms with E-state index in [1.165, 1.54) is 12.1 Å². The van der Waals surface area contributed by atoms with E-state index in [0.29, 0.717) is 5.92 Å². The number of hydrogen-bond acceptors (Lipinski definition) is 3. The van der Waals surface area contributed by atoms with E-state index in [0.717, 1.165) is 12.5 Å². The summed E-state index contributed by atoms with van der Waals surface area (Å²) >= 11 is 0. The van der Waals surface area contributed by atoms with Crippen molar-refractivity contribution in [1.82, 2.24) is 15.3 Å². The third-order valence-corrected chi connectivity index (χ3v) is 2.37. The van der Waals surface area contributed by atoms with Gasteiger partial charge >= 0.3 is 0 Å². The van der Waals surface area contributed by atoms with Crippen LogP contribution in [0.25, 0.3) is 0 Å². The Bertz CT molecular complexity index is 247. The van der Waals surface area contributed by atoms with Gasteiger partial charge in [-0.05, 0) is 32.0 Å². The van der Waals surface area contributed by atoms with Crippen molar-refractivity contribution in [3.05, 3.63) is 24.3 Å². The van der Waals surface area contributed by atoms with E-state index in [9.17, 15) is 0 Å². The van der Waals surface area contributed by atoms with E-state index in [-0.39, 0.29) is 0 Å². The maximum Gasteiger partial charge on any atom is 0.115 e. The van der Waals surface area contributed by atoms with E-state index in [1.54, 1.807) is 6.33 Å². The molecule has 1 aromatic heterocycles. The first kappa shape index (κ1) is 7.68. The van der Waals surface area contributed by atoms with E-state index >= 15 is 0 Å². The second-order valence-corrected chi connectivity index (χ2v) is 3.29. The first-order valence-electron chi connectivity index (χ1n) is 4.32. The lowest BCUT2D eigenvalue weighted by atomic mass is 10.2. The Balaban J connectivity index is 1.97. The highest BCUT2D eigenvalue weighted by molar-refractivity contribution is 5.15. The molecule has 0 aromatic carbocycles. The van der Waals surface area contributed by atoms with Gasteiger partial charge in [0.25, 0.3) is 0 Å². The topological polar surface area (TPSA) is 37.8 Å². The maximum absolute atomic E-state index is 4.23. The Labute approximate surface area is 72.2 Å². The minimum atomic E-state index is 0.681. The predicted molar refractivity (Wildman–Crippen MR) is 46.8 cm³/mol. The molecule has 1 saturated carbocycles. The number of aromatic nitrogens is 2. The van der Waals surface area contributed by atoms with Crippen LogP contribution in [-0.2, 0) is 0 Å². The quantitative estimate of drug-likeness (QED) is 0.716. The van der Waals surface area contributed by atoms with Crippen LogP contribution in [0.5, 0.6) is 0 Å². The summed E-state index contributed by atoms with van der Waals surface area (Å²) in [7, 11) is 2.00. The minimum Gasteiger partial charge on any atom is -0.319 e. The molecular formula is C9H13N3. The van der Waals surface area contributed by atoms with Gasteiger partial charge in [-0.2, -0.15) is 0 Å². The monoisotopic (exact) mass is 163 g/mol. The van der Waals surface area contributed by atoms with Crippen molar-refractivity contribution in [2.75, 3.05) is 13.6 Å². The van der Waals surface area contributed by atoms with Gasteiger partial charge in [0, 0.05) is 17.8 Å². The maximum atomic E-state index is 4.23. The van der Waals surface area contributed by atoms with Crippen LogP contribution in [0.3, 0.4) is 0 Å². The molecule has 1 aliphatic carbocycles. The van der Waals surface area contributed by atoms with Crippen LogP contribution in [-0.4, -0.2) is 23.6 Å². The van der Waals surface area contributed by atoms with Gasteiger partial charge in [-0.1, -0.05) is 0 Å². The van der Waals surface area contributed by atoms with E-state index in [4.69, 9.17) is 0 Å². The summed E-state index contributed by atoms with van der Waals surface area (Å²) in [5.41, 5.74) is 1.20. The highest BCUT2D eigenvalue weighted by Crippen LogP contribution is 2.45. The SMILES string of the molecule is CNCC1CC1c1ccncn1. The number of rotatable bonds is 3. The normalized spacial score (nSPS) is 27.1. The molecule has 1 heterocycles. The largest absolute Gasteiger partial charge is 0.319 e. The fourth-order valence-corrected chi connectivity index (χ4v) is 1.62. The Morgan fingerprint density at radius 2 is 2.58 bits per heavy atom. The molecule has 0 radical (unpaired) electrons. The van der Waals surface area contributed by atoms with Gasteiger partial charge in [0.1, 0.15) is 6.33 Å². The Morgan fingerprint density at radius 1 is 1.67 bits per heavy atom. The zero-order valence-corrected chi connectivity index (χ0v) is 7.20. The van der Waals surface area contributed by atoms with Crippen LogP contribution in [0.4, 0.5) is 0 Å². The van der Waals surface area contributed by atoms with Crippen molar-refractivity contribution in [1.29, 1.82) is 0 Å². The molecular weight excluding hydrogens is 150 g/mol. The number of nitrogens with one attached hydrogen (secondary N) is 1. The average Bonchev–Trinajstić information content (AvgIpc) is 2.87. The van der Waals surface area contributed by atoms with Crippen LogP contribution in [0.2, 0.25) is 0 Å². The highest BCUT2D eigenvalue weighted by atomic mass is 14.9. The third kappa shape index (κ3) is 1.46. The van der Waals surface area contributed by atoms with Crippen molar-refractivity contribution in [2.24, 2.45) is 5.92 Å². The van der Waals surface area contributed by atoms with Crippen LogP contribution >= 0.6 is 0 Å². The van der Waals surface area contributed by atoms with Crippen LogP contribution in [0, 0.1) is 5.92 Å². The lowest BCUT2D eigenvalue weighted by Gasteiger charge is -1.97. The van der Waals surface area contributed by atoms with Gasteiger partial charge in [-0.15, -0.1) is 0 Å². The molecule has 2 atom stereocenters. The number of nitrogens with zero attached hydrogens (tertiary/aromatic N) is 2. The molecule has 0 amide bonds. The van der Waals surface area contributed by atoms with Crippen molar-refractivity contribution in [3.63, 3.8) is 0 Å². The fourth-order valence-electron chi connectivity index (χ4n) is 1.62. The van der Waals surface area contributed by atoms with E-state index < -0.39 is 0 Å². The van der Waals surface area contributed by atoms with E-state index in [2.05, 4.69) is 15.3 Å². The molecule has 1 aliphatic rings. The van der Waals surface area contributed by atoms with E-state index in [1.807, 2.05) is 19.3 Å². The molecule has 0 spiro atoms. The Morgan fingerprint density at radius 3 is 3.25 bits per heavy atom. The summed E-state index contributed by atoms with van der Waals surface area (Å²) < 4.78 is 0. The van der Waals surface area contributed by atoms with Crippen molar-refractivity contribution < 1.29 is 0 Å². The molecule has 0 bridgehead atoms. The first-order chi connectivity index (χ1) is 5.92. The summed E-state index contributed by atoms with van der Waals surface area (Å²) in [4.78, 5) is 8.13.